The normalized spacial score (nSPS) is 12.5. The van der Waals surface area contributed by atoms with Gasteiger partial charge in [-0.1, -0.05) is 24.6 Å². The summed E-state index contributed by atoms with van der Waals surface area (Å²) in [6.45, 7) is 5.41. The summed E-state index contributed by atoms with van der Waals surface area (Å²) in [5.41, 5.74) is 2.48. The van der Waals surface area contributed by atoms with Crippen LogP contribution in [0.2, 0.25) is 0 Å². The third-order valence-electron chi connectivity index (χ3n) is 3.35. The fraction of sp³-hybridized carbons (Fsp3) is 0.471. The molecule has 114 valence electrons. The summed E-state index contributed by atoms with van der Waals surface area (Å²) in [4.78, 5) is 1.35. The number of rotatable bonds is 8. The molecule has 1 unspecified atom stereocenters. The van der Waals surface area contributed by atoms with Gasteiger partial charge < -0.3 is 5.32 Å². The highest BCUT2D eigenvalue weighted by Crippen LogP contribution is 2.20. The Labute approximate surface area is 132 Å². The monoisotopic (exact) mass is 303 g/mol. The maximum atomic E-state index is 4.50. The second-order valence-corrected chi connectivity index (χ2v) is 6.56. The molecule has 2 aromatic rings. The van der Waals surface area contributed by atoms with Crippen LogP contribution in [0.25, 0.3) is 0 Å². The number of nitrogens with one attached hydrogen (secondary N) is 1. The molecule has 0 radical (unpaired) electrons. The van der Waals surface area contributed by atoms with E-state index in [1.807, 2.05) is 29.7 Å². The largest absolute Gasteiger partial charge is 0.313 e. The number of hydrogen-bond acceptors (Lipinski definition) is 3. The van der Waals surface area contributed by atoms with Crippen LogP contribution in [-0.4, -0.2) is 28.1 Å². The molecule has 2 rings (SSSR count). The van der Waals surface area contributed by atoms with E-state index in [4.69, 9.17) is 0 Å². The second-order valence-electron chi connectivity index (χ2n) is 5.46. The summed E-state index contributed by atoms with van der Waals surface area (Å²) in [5.74, 6) is 1.07. The lowest BCUT2D eigenvalue weighted by atomic mass is 10.2. The maximum Gasteiger partial charge on any atom is 0.0640 e. The average molecular weight is 303 g/mol. The molecular weight excluding hydrogens is 278 g/mol. The van der Waals surface area contributed by atoms with Crippen LogP contribution in [0.15, 0.2) is 41.4 Å². The van der Waals surface area contributed by atoms with Crippen LogP contribution in [0.1, 0.15) is 24.6 Å². The maximum absolute atomic E-state index is 4.50. The van der Waals surface area contributed by atoms with E-state index >= 15 is 0 Å². The predicted octanol–water partition coefficient (Wildman–Crippen LogP) is 3.43. The molecule has 0 spiro atoms. The van der Waals surface area contributed by atoms with Crippen LogP contribution in [0.4, 0.5) is 0 Å². The Morgan fingerprint density at radius 2 is 2.19 bits per heavy atom. The smallest absolute Gasteiger partial charge is 0.0640 e. The molecule has 1 N–H and O–H groups in total. The number of hydrogen-bond donors (Lipinski definition) is 1. The van der Waals surface area contributed by atoms with Crippen molar-refractivity contribution < 1.29 is 0 Å². The van der Waals surface area contributed by atoms with E-state index < -0.39 is 0 Å². The Bertz CT molecular complexity index is 550. The molecule has 3 nitrogen and oxygen atoms in total. The van der Waals surface area contributed by atoms with E-state index in [1.54, 1.807) is 0 Å². The third kappa shape index (κ3) is 5.56. The van der Waals surface area contributed by atoms with Crippen molar-refractivity contribution in [2.75, 3.05) is 12.3 Å². The van der Waals surface area contributed by atoms with Gasteiger partial charge >= 0.3 is 0 Å². The third-order valence-corrected chi connectivity index (χ3v) is 4.50. The number of benzene rings is 1. The molecule has 0 aliphatic rings. The topological polar surface area (TPSA) is 29.9 Å². The summed E-state index contributed by atoms with van der Waals surface area (Å²) < 4.78 is 1.87. The van der Waals surface area contributed by atoms with Crippen LogP contribution in [0.5, 0.6) is 0 Å². The summed E-state index contributed by atoms with van der Waals surface area (Å²) >= 11 is 1.92. The Morgan fingerprint density at radius 1 is 1.33 bits per heavy atom. The van der Waals surface area contributed by atoms with E-state index in [0.29, 0.717) is 6.04 Å². The SMILES string of the molecule is CCCNC(CSc1cccc(C)c1)Cc1ccn(C)n1. The van der Waals surface area contributed by atoms with Gasteiger partial charge in [-0.15, -0.1) is 11.8 Å². The number of aromatic nitrogens is 2. The molecule has 0 aliphatic carbocycles. The molecule has 0 bridgehead atoms. The Balaban J connectivity index is 1.92. The molecule has 1 atom stereocenters. The van der Waals surface area contributed by atoms with Gasteiger partial charge in [0.1, 0.15) is 0 Å². The van der Waals surface area contributed by atoms with E-state index in [1.165, 1.54) is 10.5 Å². The molecule has 0 amide bonds. The summed E-state index contributed by atoms with van der Waals surface area (Å²) in [7, 11) is 1.97. The predicted molar refractivity (Wildman–Crippen MR) is 90.9 cm³/mol. The fourth-order valence-corrected chi connectivity index (χ4v) is 3.34. The van der Waals surface area contributed by atoms with Crippen molar-refractivity contribution in [3.05, 3.63) is 47.8 Å². The van der Waals surface area contributed by atoms with Crippen molar-refractivity contribution in [3.63, 3.8) is 0 Å². The molecule has 0 aliphatic heterocycles. The zero-order valence-electron chi connectivity index (χ0n) is 13.2. The van der Waals surface area contributed by atoms with E-state index in [0.717, 1.165) is 30.8 Å². The zero-order valence-corrected chi connectivity index (χ0v) is 14.0. The van der Waals surface area contributed by atoms with Crippen molar-refractivity contribution in [2.24, 2.45) is 7.05 Å². The van der Waals surface area contributed by atoms with Crippen molar-refractivity contribution in [1.29, 1.82) is 0 Å². The molecule has 1 aromatic heterocycles. The minimum absolute atomic E-state index is 0.463. The first-order valence-corrected chi connectivity index (χ1v) is 8.57. The second kappa shape index (κ2) is 8.25. The molecule has 4 heteroatoms. The number of nitrogens with zero attached hydrogens (tertiary/aromatic N) is 2. The summed E-state index contributed by atoms with van der Waals surface area (Å²) in [6, 6.07) is 11.3. The van der Waals surface area contributed by atoms with Gasteiger partial charge in [-0.2, -0.15) is 5.10 Å². The number of aryl methyl sites for hydroxylation is 2. The first-order chi connectivity index (χ1) is 10.2. The average Bonchev–Trinajstić information content (AvgIpc) is 2.87. The van der Waals surface area contributed by atoms with Crippen LogP contribution in [0, 0.1) is 6.92 Å². The number of thioether (sulfide) groups is 1. The fourth-order valence-electron chi connectivity index (χ4n) is 2.26. The lowest BCUT2D eigenvalue weighted by Crippen LogP contribution is -2.34. The van der Waals surface area contributed by atoms with Gasteiger partial charge in [0.05, 0.1) is 5.69 Å². The van der Waals surface area contributed by atoms with Gasteiger partial charge in [-0.3, -0.25) is 4.68 Å². The van der Waals surface area contributed by atoms with Gasteiger partial charge in [0.25, 0.3) is 0 Å². The highest BCUT2D eigenvalue weighted by molar-refractivity contribution is 7.99. The van der Waals surface area contributed by atoms with Crippen LogP contribution in [0.3, 0.4) is 0 Å². The van der Waals surface area contributed by atoms with Crippen LogP contribution < -0.4 is 5.32 Å². The van der Waals surface area contributed by atoms with Gasteiger partial charge in [0.2, 0.25) is 0 Å². The molecule has 0 saturated carbocycles. The lowest BCUT2D eigenvalue weighted by Gasteiger charge is -2.17. The first kappa shape index (κ1) is 16.1. The van der Waals surface area contributed by atoms with Gasteiger partial charge in [-0.25, -0.2) is 0 Å². The standard InChI is InChI=1S/C17H25N3S/c1-4-9-18-16(12-15-8-10-20(3)19-15)13-21-17-7-5-6-14(2)11-17/h5-8,10-11,16,18H,4,9,12-13H2,1-3H3. The van der Waals surface area contributed by atoms with Gasteiger partial charge in [0, 0.05) is 36.4 Å². The van der Waals surface area contributed by atoms with Crippen LogP contribution in [-0.2, 0) is 13.5 Å². The van der Waals surface area contributed by atoms with Gasteiger partial charge in [0.15, 0.2) is 0 Å². The quantitative estimate of drug-likeness (QED) is 0.758. The van der Waals surface area contributed by atoms with Crippen molar-refractivity contribution in [3.8, 4) is 0 Å². The zero-order chi connectivity index (χ0) is 15.1. The van der Waals surface area contributed by atoms with E-state index in [9.17, 15) is 0 Å². The summed E-state index contributed by atoms with van der Waals surface area (Å²) in [5, 5.41) is 8.14. The molecule has 1 heterocycles. The Kier molecular flexibility index (Phi) is 6.33. The molecule has 1 aromatic carbocycles. The highest BCUT2D eigenvalue weighted by atomic mass is 32.2. The van der Waals surface area contributed by atoms with Crippen molar-refractivity contribution >= 4 is 11.8 Å². The Hall–Kier alpha value is -1.26. The molecular formula is C17H25N3S. The molecule has 0 fully saturated rings. The first-order valence-electron chi connectivity index (χ1n) is 7.58. The minimum Gasteiger partial charge on any atom is -0.313 e. The summed E-state index contributed by atoms with van der Waals surface area (Å²) in [6.07, 6.45) is 4.16. The van der Waals surface area contributed by atoms with Crippen molar-refractivity contribution in [1.82, 2.24) is 15.1 Å². The highest BCUT2D eigenvalue weighted by Gasteiger charge is 2.11. The molecule has 21 heavy (non-hydrogen) atoms. The minimum atomic E-state index is 0.463. The lowest BCUT2D eigenvalue weighted by molar-refractivity contribution is 0.541. The van der Waals surface area contributed by atoms with E-state index in [2.05, 4.69) is 54.6 Å². The van der Waals surface area contributed by atoms with Gasteiger partial charge in [-0.05, 0) is 38.1 Å². The van der Waals surface area contributed by atoms with E-state index in [-0.39, 0.29) is 0 Å². The molecule has 0 saturated heterocycles. The Morgan fingerprint density at radius 3 is 2.86 bits per heavy atom. The van der Waals surface area contributed by atoms with Crippen LogP contribution >= 0.6 is 11.8 Å². The van der Waals surface area contributed by atoms with Crippen molar-refractivity contribution in [2.45, 2.75) is 37.6 Å².